The molecule has 1 rings (SSSR count). The van der Waals surface area contributed by atoms with Crippen molar-refractivity contribution in [1.29, 1.82) is 0 Å². The first-order valence-electron chi connectivity index (χ1n) is 14.5. The van der Waals surface area contributed by atoms with Gasteiger partial charge in [0.05, 0.1) is 18.8 Å². The van der Waals surface area contributed by atoms with Gasteiger partial charge in [0.2, 0.25) is 0 Å². The normalized spacial score (nSPS) is 11.6. The van der Waals surface area contributed by atoms with Crippen LogP contribution in [0.15, 0.2) is 36.4 Å². The Bertz CT molecular complexity index is 715. The second-order valence-corrected chi connectivity index (χ2v) is 9.54. The van der Waals surface area contributed by atoms with Gasteiger partial charge in [-0.2, -0.15) is 0 Å². The summed E-state index contributed by atoms with van der Waals surface area (Å²) in [7, 11) is 0. The third-order valence-corrected chi connectivity index (χ3v) is 5.83. The Morgan fingerprint density at radius 1 is 0.789 bits per heavy atom. The van der Waals surface area contributed by atoms with Gasteiger partial charge in [-0.15, -0.1) is 0 Å². The minimum absolute atomic E-state index is 0.111. The van der Waals surface area contributed by atoms with Crippen molar-refractivity contribution in [3.05, 3.63) is 42.0 Å². The number of hydrogen-bond acceptors (Lipinski definition) is 7. The van der Waals surface area contributed by atoms with Crippen molar-refractivity contribution in [3.8, 4) is 5.75 Å². The van der Waals surface area contributed by atoms with Crippen LogP contribution in [-0.2, 0) is 14.3 Å². The second-order valence-electron chi connectivity index (χ2n) is 9.54. The lowest BCUT2D eigenvalue weighted by Gasteiger charge is -2.08. The minimum atomic E-state index is -0.960. The van der Waals surface area contributed by atoms with Crippen molar-refractivity contribution in [2.24, 2.45) is 0 Å². The SMILES string of the molecule is CCCCCCCC/C=C\CCCCCCCC(=O)OCC(O)CO.CCCOC(=O)c1ccc(O)cc1. The summed E-state index contributed by atoms with van der Waals surface area (Å²) in [5.74, 6) is -0.487. The van der Waals surface area contributed by atoms with Crippen LogP contribution in [0.2, 0.25) is 0 Å². The number of phenols is 1. The van der Waals surface area contributed by atoms with E-state index in [4.69, 9.17) is 24.8 Å². The smallest absolute Gasteiger partial charge is 0.338 e. The van der Waals surface area contributed by atoms with Gasteiger partial charge in [0.1, 0.15) is 18.5 Å². The van der Waals surface area contributed by atoms with E-state index in [9.17, 15) is 9.59 Å². The molecule has 0 spiro atoms. The number of rotatable bonds is 21. The zero-order chi connectivity index (χ0) is 28.3. The molecule has 1 atom stereocenters. The highest BCUT2D eigenvalue weighted by Gasteiger charge is 2.07. The van der Waals surface area contributed by atoms with Gasteiger partial charge < -0.3 is 24.8 Å². The molecule has 0 aliphatic carbocycles. The van der Waals surface area contributed by atoms with E-state index in [0.29, 0.717) is 18.6 Å². The number of phenolic OH excluding ortho intramolecular Hbond substituents is 1. The number of aromatic hydroxyl groups is 1. The van der Waals surface area contributed by atoms with Crippen molar-refractivity contribution < 1.29 is 34.4 Å². The van der Waals surface area contributed by atoms with Gasteiger partial charge in [-0.05, 0) is 62.8 Å². The molecular formula is C31H52O7. The minimum Gasteiger partial charge on any atom is -0.508 e. The number of hydrogen-bond donors (Lipinski definition) is 3. The van der Waals surface area contributed by atoms with Gasteiger partial charge in [0.25, 0.3) is 0 Å². The third-order valence-electron chi connectivity index (χ3n) is 5.83. The van der Waals surface area contributed by atoms with Crippen LogP contribution in [0.25, 0.3) is 0 Å². The van der Waals surface area contributed by atoms with Crippen LogP contribution in [-0.4, -0.2) is 53.2 Å². The largest absolute Gasteiger partial charge is 0.508 e. The molecule has 0 bridgehead atoms. The Balaban J connectivity index is 0.000000875. The molecule has 7 nitrogen and oxygen atoms in total. The average Bonchev–Trinajstić information content (AvgIpc) is 2.93. The van der Waals surface area contributed by atoms with Crippen LogP contribution in [0.5, 0.6) is 5.75 Å². The van der Waals surface area contributed by atoms with Gasteiger partial charge in [-0.1, -0.05) is 77.4 Å². The fourth-order valence-electron chi connectivity index (χ4n) is 3.53. The molecule has 0 aromatic heterocycles. The average molecular weight is 537 g/mol. The summed E-state index contributed by atoms with van der Waals surface area (Å²) in [4.78, 5) is 22.6. The van der Waals surface area contributed by atoms with Crippen molar-refractivity contribution in [2.45, 2.75) is 116 Å². The standard InChI is InChI=1S/C21H40O4.C10H12O3/c1-2-3-4-5-6-7-8-9-10-11-12-13-14-15-16-17-21(24)25-19-20(23)18-22;1-2-7-13-10(12)8-3-5-9(11)6-4-8/h9-10,20,22-23H,2-8,11-19H2,1H3;3-6,11H,2,7H2,1H3/b10-9-;. The van der Waals surface area contributed by atoms with E-state index in [1.54, 1.807) is 0 Å². The highest BCUT2D eigenvalue weighted by atomic mass is 16.5. The quantitative estimate of drug-likeness (QED) is 0.0891. The van der Waals surface area contributed by atoms with Crippen LogP contribution < -0.4 is 0 Å². The molecule has 0 heterocycles. The molecule has 1 aromatic carbocycles. The molecule has 0 saturated heterocycles. The summed E-state index contributed by atoms with van der Waals surface area (Å²) >= 11 is 0. The first kappa shape index (κ1) is 35.6. The number of esters is 2. The van der Waals surface area contributed by atoms with E-state index >= 15 is 0 Å². The summed E-state index contributed by atoms with van der Waals surface area (Å²) in [6, 6.07) is 5.99. The maximum Gasteiger partial charge on any atom is 0.338 e. The van der Waals surface area contributed by atoms with Gasteiger partial charge in [-0.3, -0.25) is 4.79 Å². The molecular weight excluding hydrogens is 484 g/mol. The van der Waals surface area contributed by atoms with E-state index < -0.39 is 6.10 Å². The van der Waals surface area contributed by atoms with Crippen molar-refractivity contribution >= 4 is 11.9 Å². The Hall–Kier alpha value is -2.38. The topological polar surface area (TPSA) is 113 Å². The Kier molecular flexibility index (Phi) is 24.6. The maximum atomic E-state index is 11.4. The third kappa shape index (κ3) is 22.8. The molecule has 7 heteroatoms. The summed E-state index contributed by atoms with van der Waals surface area (Å²) in [6.07, 6.45) is 20.9. The summed E-state index contributed by atoms with van der Waals surface area (Å²) in [6.45, 7) is 4.13. The summed E-state index contributed by atoms with van der Waals surface area (Å²) in [5.41, 5.74) is 0.464. The molecule has 0 fully saturated rings. The Labute approximate surface area is 230 Å². The first-order chi connectivity index (χ1) is 18.4. The van der Waals surface area contributed by atoms with Gasteiger partial charge in [0.15, 0.2) is 0 Å². The monoisotopic (exact) mass is 536 g/mol. The van der Waals surface area contributed by atoms with E-state index in [1.165, 1.54) is 82.1 Å². The number of unbranched alkanes of at least 4 members (excludes halogenated alkanes) is 11. The molecule has 1 unspecified atom stereocenters. The number of allylic oxidation sites excluding steroid dienone is 2. The number of carbonyl (C=O) groups excluding carboxylic acids is 2. The lowest BCUT2D eigenvalue weighted by Crippen LogP contribution is -2.21. The van der Waals surface area contributed by atoms with E-state index in [1.807, 2.05) is 6.92 Å². The number of carbonyl (C=O) groups is 2. The van der Waals surface area contributed by atoms with Crippen LogP contribution in [0.4, 0.5) is 0 Å². The number of aliphatic hydroxyl groups is 2. The Morgan fingerprint density at radius 3 is 1.89 bits per heavy atom. The molecule has 0 radical (unpaired) electrons. The molecule has 0 amide bonds. The fraction of sp³-hybridized carbons (Fsp3) is 0.677. The maximum absolute atomic E-state index is 11.4. The lowest BCUT2D eigenvalue weighted by molar-refractivity contribution is -0.147. The van der Waals surface area contributed by atoms with Crippen molar-refractivity contribution in [2.75, 3.05) is 19.8 Å². The lowest BCUT2D eigenvalue weighted by atomic mass is 10.1. The molecule has 0 saturated carbocycles. The summed E-state index contributed by atoms with van der Waals surface area (Å²) < 4.78 is 9.75. The zero-order valence-electron chi connectivity index (χ0n) is 23.7. The van der Waals surface area contributed by atoms with Crippen molar-refractivity contribution in [1.82, 2.24) is 0 Å². The summed E-state index contributed by atoms with van der Waals surface area (Å²) in [5, 5.41) is 26.7. The highest BCUT2D eigenvalue weighted by molar-refractivity contribution is 5.89. The van der Waals surface area contributed by atoms with Crippen LogP contribution in [0, 0.1) is 0 Å². The molecule has 3 N–H and O–H groups in total. The molecule has 218 valence electrons. The molecule has 1 aromatic rings. The van der Waals surface area contributed by atoms with Gasteiger partial charge >= 0.3 is 11.9 Å². The predicted molar refractivity (Wildman–Crippen MR) is 152 cm³/mol. The molecule has 38 heavy (non-hydrogen) atoms. The van der Waals surface area contributed by atoms with Crippen LogP contribution >= 0.6 is 0 Å². The van der Waals surface area contributed by atoms with Gasteiger partial charge in [0, 0.05) is 6.42 Å². The second kappa shape index (κ2) is 26.2. The van der Waals surface area contributed by atoms with E-state index in [0.717, 1.165) is 32.1 Å². The van der Waals surface area contributed by atoms with Crippen LogP contribution in [0.3, 0.4) is 0 Å². The van der Waals surface area contributed by atoms with Gasteiger partial charge in [-0.25, -0.2) is 4.79 Å². The predicted octanol–water partition coefficient (Wildman–Crippen LogP) is 6.88. The Morgan fingerprint density at radius 2 is 1.34 bits per heavy atom. The fourth-order valence-corrected chi connectivity index (χ4v) is 3.53. The number of ether oxygens (including phenoxy) is 2. The molecule has 0 aliphatic rings. The molecule has 0 aliphatic heterocycles. The number of aliphatic hydroxyl groups excluding tert-OH is 2. The highest BCUT2D eigenvalue weighted by Crippen LogP contribution is 2.11. The first-order valence-corrected chi connectivity index (χ1v) is 14.5. The van der Waals surface area contributed by atoms with Crippen LogP contribution in [0.1, 0.15) is 121 Å². The van der Waals surface area contributed by atoms with Crippen molar-refractivity contribution in [3.63, 3.8) is 0 Å². The zero-order valence-corrected chi connectivity index (χ0v) is 23.7. The van der Waals surface area contributed by atoms with E-state index in [2.05, 4.69) is 19.1 Å². The van der Waals surface area contributed by atoms with E-state index in [-0.39, 0.29) is 30.9 Å². The number of benzene rings is 1.